The zero-order chi connectivity index (χ0) is 12.3. The fraction of sp³-hybridized carbons (Fsp3) is 0.333. The summed E-state index contributed by atoms with van der Waals surface area (Å²) in [5.74, 6) is 1.10. The predicted octanol–water partition coefficient (Wildman–Crippen LogP) is 2.87. The van der Waals surface area contributed by atoms with E-state index in [-0.39, 0.29) is 6.04 Å². The number of nitrogens with zero attached hydrogens (tertiary/aromatic N) is 2. The highest BCUT2D eigenvalue weighted by Crippen LogP contribution is 2.29. The largest absolute Gasteiger partial charge is 0.334 e. The molecule has 0 aliphatic rings. The van der Waals surface area contributed by atoms with Gasteiger partial charge >= 0.3 is 0 Å². The van der Waals surface area contributed by atoms with Gasteiger partial charge in [-0.1, -0.05) is 24.2 Å². The first kappa shape index (κ1) is 12.1. The smallest absolute Gasteiger partial charge is 0.259 e. The fourth-order valence-corrected chi connectivity index (χ4v) is 2.09. The van der Waals surface area contributed by atoms with E-state index >= 15 is 0 Å². The Morgan fingerprint density at radius 2 is 2.18 bits per heavy atom. The predicted molar refractivity (Wildman–Crippen MR) is 68.7 cm³/mol. The molecule has 0 saturated carbocycles. The molecule has 0 radical (unpaired) electrons. The van der Waals surface area contributed by atoms with Gasteiger partial charge in [0.15, 0.2) is 5.82 Å². The van der Waals surface area contributed by atoms with Crippen LogP contribution in [0.15, 0.2) is 33.7 Å². The van der Waals surface area contributed by atoms with Gasteiger partial charge in [0, 0.05) is 4.90 Å². The van der Waals surface area contributed by atoms with Gasteiger partial charge in [-0.2, -0.15) is 4.98 Å². The number of hydrogen-bond acceptors (Lipinski definition) is 5. The topological polar surface area (TPSA) is 64.9 Å². The number of rotatable bonds is 4. The van der Waals surface area contributed by atoms with Crippen LogP contribution >= 0.6 is 11.8 Å². The van der Waals surface area contributed by atoms with Crippen molar-refractivity contribution in [3.8, 4) is 11.5 Å². The van der Waals surface area contributed by atoms with Gasteiger partial charge < -0.3 is 10.3 Å². The lowest BCUT2D eigenvalue weighted by atomic mass is 10.2. The van der Waals surface area contributed by atoms with Gasteiger partial charge in [-0.3, -0.25) is 0 Å². The van der Waals surface area contributed by atoms with Crippen molar-refractivity contribution in [2.45, 2.75) is 24.3 Å². The summed E-state index contributed by atoms with van der Waals surface area (Å²) in [4.78, 5) is 5.46. The van der Waals surface area contributed by atoms with Gasteiger partial charge in [0.25, 0.3) is 5.89 Å². The van der Waals surface area contributed by atoms with Gasteiger partial charge in [-0.25, -0.2) is 0 Å². The molecule has 1 aromatic heterocycles. The number of aromatic nitrogens is 2. The quantitative estimate of drug-likeness (QED) is 0.844. The van der Waals surface area contributed by atoms with Gasteiger partial charge in [0.2, 0.25) is 0 Å². The molecule has 2 N–H and O–H groups in total. The summed E-state index contributed by atoms with van der Waals surface area (Å²) in [6.45, 7) is 2.00. The third-order valence-corrected chi connectivity index (χ3v) is 3.35. The van der Waals surface area contributed by atoms with E-state index in [4.69, 9.17) is 10.3 Å². The molecular weight excluding hydrogens is 234 g/mol. The molecule has 0 aliphatic heterocycles. The minimum Gasteiger partial charge on any atom is -0.334 e. The molecule has 90 valence electrons. The van der Waals surface area contributed by atoms with Gasteiger partial charge in [0.1, 0.15) is 0 Å². The van der Waals surface area contributed by atoms with Crippen LogP contribution in [-0.4, -0.2) is 16.4 Å². The lowest BCUT2D eigenvalue weighted by Crippen LogP contribution is -2.10. The minimum absolute atomic E-state index is 0.158. The van der Waals surface area contributed by atoms with Crippen LogP contribution < -0.4 is 5.73 Å². The molecule has 5 heteroatoms. The van der Waals surface area contributed by atoms with Crippen molar-refractivity contribution in [3.05, 3.63) is 30.1 Å². The molecule has 0 saturated heterocycles. The average molecular weight is 249 g/mol. The lowest BCUT2D eigenvalue weighted by Gasteiger charge is -2.01. The molecule has 1 unspecified atom stereocenters. The number of hydrogen-bond donors (Lipinski definition) is 1. The summed E-state index contributed by atoms with van der Waals surface area (Å²) in [5, 5.41) is 3.92. The summed E-state index contributed by atoms with van der Waals surface area (Å²) < 4.78 is 5.26. The highest BCUT2D eigenvalue weighted by atomic mass is 32.2. The first-order valence-electron chi connectivity index (χ1n) is 5.48. The summed E-state index contributed by atoms with van der Waals surface area (Å²) >= 11 is 1.65. The monoisotopic (exact) mass is 249 g/mol. The molecule has 0 aliphatic carbocycles. The zero-order valence-electron chi connectivity index (χ0n) is 9.88. The van der Waals surface area contributed by atoms with Crippen LogP contribution in [0.25, 0.3) is 11.5 Å². The molecule has 1 atom stereocenters. The molecule has 2 aromatic rings. The Labute approximate surface area is 105 Å². The second-order valence-electron chi connectivity index (χ2n) is 3.67. The van der Waals surface area contributed by atoms with Crippen molar-refractivity contribution in [1.29, 1.82) is 0 Å². The van der Waals surface area contributed by atoms with E-state index in [1.54, 1.807) is 11.8 Å². The summed E-state index contributed by atoms with van der Waals surface area (Å²) in [5.41, 5.74) is 6.83. The molecular formula is C12H15N3OS. The van der Waals surface area contributed by atoms with E-state index in [1.807, 2.05) is 37.4 Å². The molecule has 1 heterocycles. The highest BCUT2D eigenvalue weighted by molar-refractivity contribution is 7.98. The molecule has 2 rings (SSSR count). The molecule has 1 aromatic carbocycles. The van der Waals surface area contributed by atoms with Crippen molar-refractivity contribution in [2.24, 2.45) is 5.73 Å². The van der Waals surface area contributed by atoms with Crippen LogP contribution in [0.4, 0.5) is 0 Å². The maximum Gasteiger partial charge on any atom is 0.259 e. The van der Waals surface area contributed by atoms with E-state index in [2.05, 4.69) is 10.1 Å². The summed E-state index contributed by atoms with van der Waals surface area (Å²) in [6, 6.07) is 7.79. The van der Waals surface area contributed by atoms with Crippen LogP contribution in [0.5, 0.6) is 0 Å². The van der Waals surface area contributed by atoms with E-state index in [0.29, 0.717) is 11.7 Å². The third-order valence-electron chi connectivity index (χ3n) is 2.55. The molecule has 4 nitrogen and oxygen atoms in total. The second-order valence-corrected chi connectivity index (χ2v) is 4.52. The molecule has 0 amide bonds. The Bertz CT molecular complexity index is 498. The molecule has 17 heavy (non-hydrogen) atoms. The Balaban J connectivity index is 2.37. The van der Waals surface area contributed by atoms with Gasteiger partial charge in [0.05, 0.1) is 11.6 Å². The third kappa shape index (κ3) is 2.50. The number of nitrogens with two attached hydrogens (primary N) is 1. The Morgan fingerprint density at radius 1 is 1.41 bits per heavy atom. The second kappa shape index (κ2) is 5.33. The van der Waals surface area contributed by atoms with Crippen molar-refractivity contribution in [3.63, 3.8) is 0 Å². The highest BCUT2D eigenvalue weighted by Gasteiger charge is 2.15. The maximum absolute atomic E-state index is 5.87. The van der Waals surface area contributed by atoms with Gasteiger partial charge in [-0.15, -0.1) is 11.8 Å². The maximum atomic E-state index is 5.87. The summed E-state index contributed by atoms with van der Waals surface area (Å²) in [7, 11) is 0. The van der Waals surface area contributed by atoms with Crippen LogP contribution in [-0.2, 0) is 0 Å². The average Bonchev–Trinajstić information content (AvgIpc) is 2.87. The van der Waals surface area contributed by atoms with Crippen LogP contribution in [0, 0.1) is 0 Å². The summed E-state index contributed by atoms with van der Waals surface area (Å²) in [6.07, 6.45) is 2.82. The van der Waals surface area contributed by atoms with E-state index in [0.717, 1.165) is 16.9 Å². The SMILES string of the molecule is CCC(N)c1noc(-c2ccccc2SC)n1. The minimum atomic E-state index is -0.158. The molecule has 0 spiro atoms. The fourth-order valence-electron chi connectivity index (χ4n) is 1.50. The lowest BCUT2D eigenvalue weighted by molar-refractivity contribution is 0.414. The van der Waals surface area contributed by atoms with Crippen molar-refractivity contribution < 1.29 is 4.52 Å². The van der Waals surface area contributed by atoms with Crippen LogP contribution in [0.3, 0.4) is 0 Å². The van der Waals surface area contributed by atoms with Crippen LogP contribution in [0.1, 0.15) is 25.2 Å². The Morgan fingerprint density at radius 3 is 2.88 bits per heavy atom. The zero-order valence-corrected chi connectivity index (χ0v) is 10.7. The number of benzene rings is 1. The van der Waals surface area contributed by atoms with Crippen molar-refractivity contribution in [2.75, 3.05) is 6.26 Å². The van der Waals surface area contributed by atoms with Crippen molar-refractivity contribution in [1.82, 2.24) is 10.1 Å². The molecule has 0 bridgehead atoms. The van der Waals surface area contributed by atoms with Gasteiger partial charge in [-0.05, 0) is 24.8 Å². The first-order chi connectivity index (χ1) is 8.26. The van der Waals surface area contributed by atoms with E-state index in [1.165, 1.54) is 0 Å². The standard InChI is InChI=1S/C12H15N3OS/c1-3-9(13)11-14-12(16-15-11)8-6-4-5-7-10(8)17-2/h4-7,9H,3,13H2,1-2H3. The molecule has 0 fully saturated rings. The normalized spacial score (nSPS) is 12.6. The Hall–Kier alpha value is -1.33. The van der Waals surface area contributed by atoms with E-state index in [9.17, 15) is 0 Å². The first-order valence-corrected chi connectivity index (χ1v) is 6.71. The van der Waals surface area contributed by atoms with Crippen LogP contribution in [0.2, 0.25) is 0 Å². The number of thioether (sulfide) groups is 1. The van der Waals surface area contributed by atoms with E-state index < -0.39 is 0 Å². The Kier molecular flexibility index (Phi) is 3.81. The van der Waals surface area contributed by atoms with Crippen molar-refractivity contribution >= 4 is 11.8 Å².